The van der Waals surface area contributed by atoms with Crippen LogP contribution in [-0.4, -0.2) is 47.1 Å². The summed E-state index contributed by atoms with van der Waals surface area (Å²) in [6, 6.07) is 0.353. The smallest absolute Gasteiger partial charge is 0.135 e. The predicted octanol–water partition coefficient (Wildman–Crippen LogP) is 3.17. The second kappa shape index (κ2) is 8.82. The van der Waals surface area contributed by atoms with Crippen LogP contribution in [-0.2, 0) is 0 Å². The van der Waals surface area contributed by atoms with Gasteiger partial charge in [0, 0.05) is 24.7 Å². The van der Waals surface area contributed by atoms with Gasteiger partial charge >= 0.3 is 0 Å². The van der Waals surface area contributed by atoms with Crippen molar-refractivity contribution in [3.63, 3.8) is 0 Å². The lowest BCUT2D eigenvalue weighted by molar-refractivity contribution is 0.294. The van der Waals surface area contributed by atoms with Crippen molar-refractivity contribution in [2.24, 2.45) is 0 Å². The van der Waals surface area contributed by atoms with Crippen molar-refractivity contribution in [1.82, 2.24) is 14.9 Å². The quantitative estimate of drug-likeness (QED) is 0.732. The second-order valence-electron chi connectivity index (χ2n) is 5.70. The molecule has 0 aliphatic heterocycles. The summed E-state index contributed by atoms with van der Waals surface area (Å²) in [4.78, 5) is 11.3. The molecule has 2 N–H and O–H groups in total. The fourth-order valence-corrected chi connectivity index (χ4v) is 2.51. The molecule has 0 saturated heterocycles. The highest BCUT2D eigenvalue weighted by Gasteiger charge is 2.16. The zero-order valence-corrected chi connectivity index (χ0v) is 14.4. The minimum absolute atomic E-state index is 0.353. The fourth-order valence-electron chi connectivity index (χ4n) is 2.51. The molecule has 0 spiro atoms. The third kappa shape index (κ3) is 5.16. The zero-order valence-electron chi connectivity index (χ0n) is 14.4. The molecule has 1 aromatic heterocycles. The molecule has 120 valence electrons. The van der Waals surface area contributed by atoms with E-state index in [0.717, 1.165) is 37.8 Å². The number of nitrogens with zero attached hydrogens (tertiary/aromatic N) is 3. The summed E-state index contributed by atoms with van der Waals surface area (Å²) in [7, 11) is 0. The molecule has 1 unspecified atom stereocenters. The van der Waals surface area contributed by atoms with Gasteiger partial charge in [-0.25, -0.2) is 9.97 Å². The number of anilines is 2. The Morgan fingerprint density at radius 2 is 1.67 bits per heavy atom. The van der Waals surface area contributed by atoms with Crippen LogP contribution in [0.1, 0.15) is 53.0 Å². The Balaban J connectivity index is 2.89. The second-order valence-corrected chi connectivity index (χ2v) is 5.70. The van der Waals surface area contributed by atoms with Gasteiger partial charge in [0.1, 0.15) is 18.0 Å². The molecule has 0 aliphatic carbocycles. The minimum Gasteiger partial charge on any atom is -0.370 e. The highest BCUT2D eigenvalue weighted by molar-refractivity contribution is 5.59. The molecular weight excluding hydrogens is 262 g/mol. The Bertz CT molecular complexity index is 415. The van der Waals surface area contributed by atoms with E-state index >= 15 is 0 Å². The number of hydrogen-bond acceptors (Lipinski definition) is 5. The van der Waals surface area contributed by atoms with Gasteiger partial charge in [-0.05, 0) is 32.9 Å². The van der Waals surface area contributed by atoms with E-state index < -0.39 is 0 Å². The maximum atomic E-state index is 4.46. The standard InChI is InChI=1S/C16H31N5/c1-7-17-15-14(12(4)5)16(19-11-18-15)20-13(6)10-21(8-2)9-3/h11-13H,7-10H2,1-6H3,(H2,17,18,19,20). The summed E-state index contributed by atoms with van der Waals surface area (Å²) in [5.74, 6) is 2.28. The zero-order chi connectivity index (χ0) is 15.8. The highest BCUT2D eigenvalue weighted by Crippen LogP contribution is 2.28. The van der Waals surface area contributed by atoms with Crippen LogP contribution in [0.25, 0.3) is 0 Å². The first-order chi connectivity index (χ1) is 10.0. The van der Waals surface area contributed by atoms with Crippen LogP contribution >= 0.6 is 0 Å². The first-order valence-corrected chi connectivity index (χ1v) is 8.10. The molecule has 21 heavy (non-hydrogen) atoms. The Kier molecular flexibility index (Phi) is 7.43. The van der Waals surface area contributed by atoms with Crippen LogP contribution < -0.4 is 10.6 Å². The summed E-state index contributed by atoms with van der Waals surface area (Å²) < 4.78 is 0. The van der Waals surface area contributed by atoms with E-state index in [4.69, 9.17) is 0 Å². The van der Waals surface area contributed by atoms with Gasteiger partial charge in [0.15, 0.2) is 0 Å². The third-order valence-corrected chi connectivity index (χ3v) is 3.62. The Hall–Kier alpha value is -1.36. The number of hydrogen-bond donors (Lipinski definition) is 2. The van der Waals surface area contributed by atoms with E-state index in [1.54, 1.807) is 6.33 Å². The summed E-state index contributed by atoms with van der Waals surface area (Å²) >= 11 is 0. The monoisotopic (exact) mass is 293 g/mol. The molecule has 0 radical (unpaired) electrons. The van der Waals surface area contributed by atoms with Crippen LogP contribution in [0.5, 0.6) is 0 Å². The van der Waals surface area contributed by atoms with Crippen molar-refractivity contribution >= 4 is 11.6 Å². The molecule has 1 heterocycles. The lowest BCUT2D eigenvalue weighted by Crippen LogP contribution is -2.35. The maximum absolute atomic E-state index is 4.46. The fraction of sp³-hybridized carbons (Fsp3) is 0.750. The molecular formula is C16H31N5. The first-order valence-electron chi connectivity index (χ1n) is 8.10. The summed E-state index contributed by atoms with van der Waals surface area (Å²) in [5.41, 5.74) is 1.17. The van der Waals surface area contributed by atoms with Crippen molar-refractivity contribution in [3.05, 3.63) is 11.9 Å². The maximum Gasteiger partial charge on any atom is 0.135 e. The van der Waals surface area contributed by atoms with Crippen molar-refractivity contribution < 1.29 is 0 Å². The molecule has 1 atom stereocenters. The van der Waals surface area contributed by atoms with Crippen molar-refractivity contribution in [2.45, 2.75) is 53.5 Å². The molecule has 0 aromatic carbocycles. The molecule has 0 amide bonds. The first kappa shape index (κ1) is 17.7. The Morgan fingerprint density at radius 1 is 1.05 bits per heavy atom. The van der Waals surface area contributed by atoms with Gasteiger partial charge in [-0.2, -0.15) is 0 Å². The van der Waals surface area contributed by atoms with E-state index in [2.05, 4.69) is 67.0 Å². The van der Waals surface area contributed by atoms with E-state index in [9.17, 15) is 0 Å². The van der Waals surface area contributed by atoms with Gasteiger partial charge in [0.25, 0.3) is 0 Å². The van der Waals surface area contributed by atoms with Crippen LogP contribution in [0.3, 0.4) is 0 Å². The normalized spacial score (nSPS) is 12.8. The lowest BCUT2D eigenvalue weighted by atomic mass is 10.0. The molecule has 5 nitrogen and oxygen atoms in total. The Morgan fingerprint density at radius 3 is 2.19 bits per heavy atom. The highest BCUT2D eigenvalue weighted by atomic mass is 15.2. The van der Waals surface area contributed by atoms with Crippen LogP contribution in [0.15, 0.2) is 6.33 Å². The van der Waals surface area contributed by atoms with Gasteiger partial charge < -0.3 is 15.5 Å². The van der Waals surface area contributed by atoms with E-state index in [1.807, 2.05) is 0 Å². The largest absolute Gasteiger partial charge is 0.370 e. The molecule has 1 rings (SSSR count). The summed E-state index contributed by atoms with van der Waals surface area (Å²) in [6.45, 7) is 17.1. The van der Waals surface area contributed by atoms with Crippen molar-refractivity contribution in [2.75, 3.05) is 36.8 Å². The molecule has 0 saturated carbocycles. The molecule has 0 bridgehead atoms. The van der Waals surface area contributed by atoms with Gasteiger partial charge in [-0.3, -0.25) is 0 Å². The number of aromatic nitrogens is 2. The van der Waals surface area contributed by atoms with E-state index in [0.29, 0.717) is 12.0 Å². The minimum atomic E-state index is 0.353. The van der Waals surface area contributed by atoms with E-state index in [1.165, 1.54) is 5.56 Å². The van der Waals surface area contributed by atoms with Gasteiger partial charge in [0.05, 0.1) is 0 Å². The summed E-state index contributed by atoms with van der Waals surface area (Å²) in [6.07, 6.45) is 1.64. The molecule has 5 heteroatoms. The van der Waals surface area contributed by atoms with Crippen LogP contribution in [0.2, 0.25) is 0 Å². The molecule has 1 aromatic rings. The topological polar surface area (TPSA) is 53.1 Å². The number of rotatable bonds is 9. The number of nitrogens with one attached hydrogen (secondary N) is 2. The van der Waals surface area contributed by atoms with Gasteiger partial charge in [0.2, 0.25) is 0 Å². The number of likely N-dealkylation sites (N-methyl/N-ethyl adjacent to an activating group) is 1. The van der Waals surface area contributed by atoms with Crippen molar-refractivity contribution in [3.8, 4) is 0 Å². The average molecular weight is 293 g/mol. The molecule has 0 fully saturated rings. The lowest BCUT2D eigenvalue weighted by Gasteiger charge is -2.25. The Labute approximate surface area is 129 Å². The van der Waals surface area contributed by atoms with Crippen LogP contribution in [0.4, 0.5) is 11.6 Å². The summed E-state index contributed by atoms with van der Waals surface area (Å²) in [5, 5.41) is 6.89. The SMILES string of the molecule is CCNc1ncnc(NC(C)CN(CC)CC)c1C(C)C. The van der Waals surface area contributed by atoms with Crippen molar-refractivity contribution in [1.29, 1.82) is 0 Å². The van der Waals surface area contributed by atoms with Gasteiger partial charge in [-0.15, -0.1) is 0 Å². The predicted molar refractivity (Wildman–Crippen MR) is 91.2 cm³/mol. The van der Waals surface area contributed by atoms with Gasteiger partial charge in [-0.1, -0.05) is 27.7 Å². The molecule has 0 aliphatic rings. The van der Waals surface area contributed by atoms with Crippen LogP contribution in [0, 0.1) is 0 Å². The third-order valence-electron chi connectivity index (χ3n) is 3.62. The average Bonchev–Trinajstić information content (AvgIpc) is 2.45. The van der Waals surface area contributed by atoms with E-state index in [-0.39, 0.29) is 0 Å².